The number of rotatable bonds is 5. The maximum atomic E-state index is 13.0. The fourth-order valence-corrected chi connectivity index (χ4v) is 6.06. The van der Waals surface area contributed by atoms with Crippen LogP contribution in [0.5, 0.6) is 0 Å². The fraction of sp³-hybridized carbons (Fsp3) is 0.455. The van der Waals surface area contributed by atoms with Crippen LogP contribution < -0.4 is 0 Å². The number of piperidine rings is 1. The highest BCUT2D eigenvalue weighted by molar-refractivity contribution is 8.00. The number of amides is 2. The quantitative estimate of drug-likeness (QED) is 0.616. The number of carbonyl (C=O) groups is 3. The molecule has 0 spiro atoms. The van der Waals surface area contributed by atoms with Crippen molar-refractivity contribution in [1.29, 1.82) is 0 Å². The lowest BCUT2D eigenvalue weighted by molar-refractivity contribution is -0.142. The fourth-order valence-electron chi connectivity index (χ4n) is 3.96. The predicted octanol–water partition coefficient (Wildman–Crippen LogP) is 2.92. The van der Waals surface area contributed by atoms with Crippen LogP contribution in [0.25, 0.3) is 0 Å². The van der Waals surface area contributed by atoms with Crippen molar-refractivity contribution in [1.82, 2.24) is 14.8 Å². The normalized spacial score (nSPS) is 19.2. The van der Waals surface area contributed by atoms with E-state index in [1.54, 1.807) is 17.5 Å². The van der Waals surface area contributed by atoms with Crippen molar-refractivity contribution in [3.8, 4) is 0 Å². The summed E-state index contributed by atoms with van der Waals surface area (Å²) in [4.78, 5) is 45.3. The summed E-state index contributed by atoms with van der Waals surface area (Å²) in [6.07, 6.45) is 1.82. The third-order valence-corrected chi connectivity index (χ3v) is 7.95. The number of thioether (sulfide) groups is 1. The Morgan fingerprint density at radius 2 is 1.88 bits per heavy atom. The average molecular weight is 478 g/mol. The summed E-state index contributed by atoms with van der Waals surface area (Å²) < 4.78 is 17.9. The molecule has 32 heavy (non-hydrogen) atoms. The standard InChI is InChI=1S/C22H24FN3O4S2/c1-30-22(29)21-26(10-11-31-21)20(28)17-13-32-19(24-17)15-6-8-25(9-7-15)18(27)12-14-2-4-16(23)5-3-14/h2-5,13,15,21H,6-12H2,1H3. The molecule has 10 heteroatoms. The lowest BCUT2D eigenvalue weighted by atomic mass is 9.97. The highest BCUT2D eigenvalue weighted by atomic mass is 32.2. The molecule has 2 aromatic rings. The predicted molar refractivity (Wildman–Crippen MR) is 120 cm³/mol. The van der Waals surface area contributed by atoms with Gasteiger partial charge in [-0.3, -0.25) is 9.59 Å². The van der Waals surface area contributed by atoms with Crippen molar-refractivity contribution in [3.63, 3.8) is 0 Å². The van der Waals surface area contributed by atoms with Gasteiger partial charge in [-0.05, 0) is 30.5 Å². The monoisotopic (exact) mass is 477 g/mol. The van der Waals surface area contributed by atoms with Crippen LogP contribution >= 0.6 is 23.1 Å². The Morgan fingerprint density at radius 3 is 2.56 bits per heavy atom. The van der Waals surface area contributed by atoms with Crippen molar-refractivity contribution >= 4 is 40.9 Å². The van der Waals surface area contributed by atoms with Gasteiger partial charge in [0.05, 0.1) is 18.5 Å². The number of likely N-dealkylation sites (tertiary alicyclic amines) is 1. The topological polar surface area (TPSA) is 79.8 Å². The largest absolute Gasteiger partial charge is 0.467 e. The van der Waals surface area contributed by atoms with Gasteiger partial charge in [0.1, 0.15) is 11.5 Å². The summed E-state index contributed by atoms with van der Waals surface area (Å²) in [7, 11) is 1.32. The van der Waals surface area contributed by atoms with E-state index in [0.717, 1.165) is 23.4 Å². The lowest BCUT2D eigenvalue weighted by Gasteiger charge is -2.31. The number of aromatic nitrogens is 1. The maximum Gasteiger partial charge on any atom is 0.339 e. The van der Waals surface area contributed by atoms with Gasteiger partial charge in [0.25, 0.3) is 5.91 Å². The molecule has 1 aromatic heterocycles. The van der Waals surface area contributed by atoms with E-state index in [1.165, 1.54) is 47.2 Å². The molecule has 2 amide bonds. The molecule has 1 unspecified atom stereocenters. The van der Waals surface area contributed by atoms with Crippen molar-refractivity contribution in [2.24, 2.45) is 0 Å². The van der Waals surface area contributed by atoms with Crippen LogP contribution in [-0.4, -0.2) is 70.4 Å². The second-order valence-electron chi connectivity index (χ2n) is 7.77. The van der Waals surface area contributed by atoms with E-state index in [2.05, 4.69) is 4.98 Å². The zero-order valence-corrected chi connectivity index (χ0v) is 19.3. The number of ether oxygens (including phenoxy) is 1. The maximum absolute atomic E-state index is 13.0. The van der Waals surface area contributed by atoms with Crippen LogP contribution in [0.1, 0.15) is 39.8 Å². The molecule has 1 aromatic carbocycles. The van der Waals surface area contributed by atoms with Gasteiger partial charge in [-0.1, -0.05) is 12.1 Å². The van der Waals surface area contributed by atoms with Crippen molar-refractivity contribution in [2.75, 3.05) is 32.5 Å². The second kappa shape index (κ2) is 9.99. The highest BCUT2D eigenvalue weighted by Crippen LogP contribution is 2.32. The van der Waals surface area contributed by atoms with Crippen LogP contribution in [0, 0.1) is 5.82 Å². The third kappa shape index (κ3) is 4.96. The van der Waals surface area contributed by atoms with E-state index >= 15 is 0 Å². The molecule has 0 bridgehead atoms. The third-order valence-electron chi connectivity index (χ3n) is 5.76. The Bertz CT molecular complexity index is 989. The Labute approximate surface area is 193 Å². The Hall–Kier alpha value is -2.46. The van der Waals surface area contributed by atoms with E-state index in [9.17, 15) is 18.8 Å². The molecule has 1 atom stereocenters. The molecule has 2 saturated heterocycles. The van der Waals surface area contributed by atoms with Gasteiger partial charge in [-0.2, -0.15) is 0 Å². The first-order valence-electron chi connectivity index (χ1n) is 10.4. The van der Waals surface area contributed by atoms with Crippen LogP contribution in [0.15, 0.2) is 29.6 Å². The number of carbonyl (C=O) groups excluding carboxylic acids is 3. The molecular weight excluding hydrogens is 453 g/mol. The molecular formula is C22H24FN3O4S2. The van der Waals surface area contributed by atoms with Gasteiger partial charge in [0.15, 0.2) is 5.37 Å². The molecule has 0 saturated carbocycles. The van der Waals surface area contributed by atoms with Crippen molar-refractivity contribution in [3.05, 3.63) is 51.7 Å². The van der Waals surface area contributed by atoms with Gasteiger partial charge in [0, 0.05) is 36.7 Å². The molecule has 0 radical (unpaired) electrons. The highest BCUT2D eigenvalue weighted by Gasteiger charge is 2.37. The summed E-state index contributed by atoms with van der Waals surface area (Å²) in [5, 5.41) is 2.02. The van der Waals surface area contributed by atoms with Crippen LogP contribution in [0.4, 0.5) is 4.39 Å². The SMILES string of the molecule is COC(=O)C1SCCN1C(=O)c1csc(C2CCN(C(=O)Cc3ccc(F)cc3)CC2)n1. The summed E-state index contributed by atoms with van der Waals surface area (Å²) in [5.74, 6) is -0.0694. The summed E-state index contributed by atoms with van der Waals surface area (Å²) in [6, 6.07) is 6.00. The first-order chi connectivity index (χ1) is 15.5. The molecule has 3 heterocycles. The van der Waals surface area contributed by atoms with Crippen molar-refractivity contribution < 1.29 is 23.5 Å². The van der Waals surface area contributed by atoms with Gasteiger partial charge in [0.2, 0.25) is 5.91 Å². The molecule has 7 nitrogen and oxygen atoms in total. The number of benzene rings is 1. The lowest BCUT2D eigenvalue weighted by Crippen LogP contribution is -2.40. The minimum Gasteiger partial charge on any atom is -0.467 e. The average Bonchev–Trinajstić information content (AvgIpc) is 3.50. The molecule has 4 rings (SSSR count). The number of halogens is 1. The molecule has 2 aliphatic heterocycles. The Kier molecular flexibility index (Phi) is 7.10. The van der Waals surface area contributed by atoms with Gasteiger partial charge >= 0.3 is 5.97 Å². The number of thiazole rings is 1. The van der Waals surface area contributed by atoms with Crippen LogP contribution in [0.3, 0.4) is 0 Å². The number of hydrogen-bond donors (Lipinski definition) is 0. The van der Waals surface area contributed by atoms with Crippen molar-refractivity contribution in [2.45, 2.75) is 30.6 Å². The van der Waals surface area contributed by atoms with E-state index in [4.69, 9.17) is 4.74 Å². The molecule has 2 aliphatic rings. The van der Waals surface area contributed by atoms with E-state index in [-0.39, 0.29) is 30.0 Å². The minimum absolute atomic E-state index is 0.0328. The van der Waals surface area contributed by atoms with E-state index in [0.29, 0.717) is 31.1 Å². The van der Waals surface area contributed by atoms with Gasteiger partial charge < -0.3 is 14.5 Å². The first-order valence-corrected chi connectivity index (χ1v) is 12.4. The first kappa shape index (κ1) is 22.7. The van der Waals surface area contributed by atoms with Gasteiger partial charge in [-0.15, -0.1) is 23.1 Å². The Morgan fingerprint density at radius 1 is 1.16 bits per heavy atom. The van der Waals surface area contributed by atoms with Crippen LogP contribution in [-0.2, 0) is 20.7 Å². The number of nitrogens with zero attached hydrogens (tertiary/aromatic N) is 3. The molecule has 170 valence electrons. The zero-order valence-electron chi connectivity index (χ0n) is 17.7. The number of methoxy groups -OCH3 is 1. The van der Waals surface area contributed by atoms with E-state index in [1.807, 2.05) is 4.90 Å². The smallest absolute Gasteiger partial charge is 0.339 e. The second-order valence-corrected chi connectivity index (χ2v) is 9.85. The number of hydrogen-bond acceptors (Lipinski definition) is 7. The van der Waals surface area contributed by atoms with Crippen LogP contribution in [0.2, 0.25) is 0 Å². The zero-order chi connectivity index (χ0) is 22.7. The molecule has 0 aliphatic carbocycles. The minimum atomic E-state index is -0.618. The van der Waals surface area contributed by atoms with Gasteiger partial charge in [-0.25, -0.2) is 14.2 Å². The summed E-state index contributed by atoms with van der Waals surface area (Å²) >= 11 is 2.85. The molecule has 0 N–H and O–H groups in total. The van der Waals surface area contributed by atoms with E-state index < -0.39 is 11.3 Å². The molecule has 2 fully saturated rings. The summed E-state index contributed by atoms with van der Waals surface area (Å²) in [5.41, 5.74) is 1.16. The number of esters is 1. The Balaban J connectivity index is 1.33. The summed E-state index contributed by atoms with van der Waals surface area (Å²) in [6.45, 7) is 1.74.